The molecule has 5 heteroatoms. The minimum absolute atomic E-state index is 0.0578. The molecule has 4 nitrogen and oxygen atoms in total. The summed E-state index contributed by atoms with van der Waals surface area (Å²) >= 11 is 1.48. The summed E-state index contributed by atoms with van der Waals surface area (Å²) in [6.45, 7) is 4.87. The number of hydrogen-bond acceptors (Lipinski definition) is 4. The Labute approximate surface area is 124 Å². The van der Waals surface area contributed by atoms with Gasteiger partial charge in [-0.25, -0.2) is 0 Å². The Bertz CT molecular complexity index is 485. The van der Waals surface area contributed by atoms with Gasteiger partial charge >= 0.3 is 0 Å². The lowest BCUT2D eigenvalue weighted by atomic mass is 10.2. The monoisotopic (exact) mass is 292 g/mol. The van der Waals surface area contributed by atoms with Gasteiger partial charge in [0, 0.05) is 18.0 Å². The Kier molecular flexibility index (Phi) is 6.96. The highest BCUT2D eigenvalue weighted by molar-refractivity contribution is 8.00. The molecule has 0 aliphatic carbocycles. The third-order valence-corrected chi connectivity index (χ3v) is 3.83. The third kappa shape index (κ3) is 5.14. The average Bonchev–Trinajstić information content (AvgIpc) is 2.50. The van der Waals surface area contributed by atoms with Crippen LogP contribution in [0.2, 0.25) is 0 Å². The van der Waals surface area contributed by atoms with Crippen molar-refractivity contribution in [1.82, 2.24) is 4.90 Å². The SMILES string of the molecule is CCN(CC(C)C#N)C(=O)CSc1cccc(OC)c1. The number of nitriles is 1. The van der Waals surface area contributed by atoms with Gasteiger partial charge in [0.15, 0.2) is 0 Å². The highest BCUT2D eigenvalue weighted by Gasteiger charge is 2.14. The van der Waals surface area contributed by atoms with Gasteiger partial charge in [-0.3, -0.25) is 4.79 Å². The number of methoxy groups -OCH3 is 1. The number of nitrogens with zero attached hydrogens (tertiary/aromatic N) is 2. The lowest BCUT2D eigenvalue weighted by Gasteiger charge is -2.21. The molecule has 0 aliphatic rings. The number of ether oxygens (including phenoxy) is 1. The van der Waals surface area contributed by atoms with E-state index in [2.05, 4.69) is 6.07 Å². The summed E-state index contributed by atoms with van der Waals surface area (Å²) in [5.74, 6) is 1.08. The molecule has 0 aromatic heterocycles. The predicted molar refractivity (Wildman–Crippen MR) is 80.7 cm³/mol. The van der Waals surface area contributed by atoms with Gasteiger partial charge in [-0.1, -0.05) is 6.07 Å². The fourth-order valence-electron chi connectivity index (χ4n) is 1.71. The molecule has 1 atom stereocenters. The van der Waals surface area contributed by atoms with Crippen molar-refractivity contribution >= 4 is 17.7 Å². The normalized spacial score (nSPS) is 11.5. The summed E-state index contributed by atoms with van der Waals surface area (Å²) in [7, 11) is 1.62. The van der Waals surface area contributed by atoms with Crippen molar-refractivity contribution < 1.29 is 9.53 Å². The van der Waals surface area contributed by atoms with E-state index in [-0.39, 0.29) is 11.8 Å². The quantitative estimate of drug-likeness (QED) is 0.725. The fraction of sp³-hybridized carbons (Fsp3) is 0.467. The Balaban J connectivity index is 2.54. The molecule has 0 aliphatic heterocycles. The fourth-order valence-corrected chi connectivity index (χ4v) is 2.55. The molecule has 1 amide bonds. The maximum atomic E-state index is 12.1. The second-order valence-electron chi connectivity index (χ2n) is 4.43. The topological polar surface area (TPSA) is 53.3 Å². The minimum atomic E-state index is -0.138. The third-order valence-electron chi connectivity index (χ3n) is 2.85. The van der Waals surface area contributed by atoms with Crippen molar-refractivity contribution in [3.63, 3.8) is 0 Å². The minimum Gasteiger partial charge on any atom is -0.497 e. The Hall–Kier alpha value is -1.67. The van der Waals surface area contributed by atoms with Crippen LogP contribution in [-0.4, -0.2) is 36.8 Å². The molecule has 0 fully saturated rings. The molecule has 20 heavy (non-hydrogen) atoms. The number of rotatable bonds is 7. The van der Waals surface area contributed by atoms with Gasteiger partial charge in [-0.2, -0.15) is 5.26 Å². The average molecular weight is 292 g/mol. The Morgan fingerprint density at radius 2 is 2.30 bits per heavy atom. The van der Waals surface area contributed by atoms with Crippen molar-refractivity contribution in [2.75, 3.05) is 26.0 Å². The molecule has 0 bridgehead atoms. The summed E-state index contributed by atoms with van der Waals surface area (Å²) in [6, 6.07) is 9.80. The van der Waals surface area contributed by atoms with E-state index in [1.165, 1.54) is 11.8 Å². The van der Waals surface area contributed by atoms with Crippen LogP contribution in [0.1, 0.15) is 13.8 Å². The van der Waals surface area contributed by atoms with E-state index in [0.717, 1.165) is 10.6 Å². The number of hydrogen-bond donors (Lipinski definition) is 0. The van der Waals surface area contributed by atoms with Crippen molar-refractivity contribution in [1.29, 1.82) is 5.26 Å². The Morgan fingerprint density at radius 1 is 1.55 bits per heavy atom. The first-order valence-corrected chi connectivity index (χ1v) is 7.53. The molecule has 1 aromatic rings. The summed E-state index contributed by atoms with van der Waals surface area (Å²) in [4.78, 5) is 14.8. The lowest BCUT2D eigenvalue weighted by Crippen LogP contribution is -2.35. The number of amides is 1. The maximum absolute atomic E-state index is 12.1. The first-order valence-electron chi connectivity index (χ1n) is 6.55. The van der Waals surface area contributed by atoms with Crippen LogP contribution in [0.4, 0.5) is 0 Å². The second kappa shape index (κ2) is 8.49. The van der Waals surface area contributed by atoms with Crippen LogP contribution in [0.15, 0.2) is 29.2 Å². The van der Waals surface area contributed by atoms with Crippen LogP contribution < -0.4 is 4.74 Å². The van der Waals surface area contributed by atoms with Crippen molar-refractivity contribution in [3.8, 4) is 11.8 Å². The van der Waals surface area contributed by atoms with E-state index in [1.54, 1.807) is 12.0 Å². The van der Waals surface area contributed by atoms with Gasteiger partial charge in [0.05, 0.1) is 24.8 Å². The molecule has 0 spiro atoms. The van der Waals surface area contributed by atoms with E-state index in [1.807, 2.05) is 38.1 Å². The molecular weight excluding hydrogens is 272 g/mol. The summed E-state index contributed by atoms with van der Waals surface area (Å²) < 4.78 is 5.15. The smallest absolute Gasteiger partial charge is 0.232 e. The van der Waals surface area contributed by atoms with Gasteiger partial charge in [-0.05, 0) is 32.0 Å². The molecule has 0 heterocycles. The van der Waals surface area contributed by atoms with Gasteiger partial charge in [0.25, 0.3) is 0 Å². The zero-order valence-electron chi connectivity index (χ0n) is 12.1. The first kappa shape index (κ1) is 16.4. The van der Waals surface area contributed by atoms with E-state index < -0.39 is 0 Å². The van der Waals surface area contributed by atoms with Gasteiger partial charge < -0.3 is 9.64 Å². The highest BCUT2D eigenvalue weighted by atomic mass is 32.2. The zero-order chi connectivity index (χ0) is 15.0. The van der Waals surface area contributed by atoms with Crippen LogP contribution in [0, 0.1) is 17.2 Å². The molecule has 0 saturated heterocycles. The second-order valence-corrected chi connectivity index (χ2v) is 5.48. The summed E-state index contributed by atoms with van der Waals surface area (Å²) in [6.07, 6.45) is 0. The molecular formula is C15H20N2O2S. The maximum Gasteiger partial charge on any atom is 0.232 e. The van der Waals surface area contributed by atoms with Crippen molar-refractivity contribution in [2.45, 2.75) is 18.7 Å². The van der Waals surface area contributed by atoms with E-state index in [4.69, 9.17) is 10.00 Å². The molecule has 1 rings (SSSR count). The van der Waals surface area contributed by atoms with E-state index >= 15 is 0 Å². The van der Waals surface area contributed by atoms with Crippen molar-refractivity contribution in [2.24, 2.45) is 5.92 Å². The van der Waals surface area contributed by atoms with Crippen LogP contribution in [0.3, 0.4) is 0 Å². The standard InChI is InChI=1S/C15H20N2O2S/c1-4-17(10-12(2)9-16)15(18)11-20-14-7-5-6-13(8-14)19-3/h5-8,12H,4,10-11H2,1-3H3. The summed E-state index contributed by atoms with van der Waals surface area (Å²) in [5, 5.41) is 8.82. The highest BCUT2D eigenvalue weighted by Crippen LogP contribution is 2.23. The molecule has 0 saturated carbocycles. The van der Waals surface area contributed by atoms with Crippen molar-refractivity contribution in [3.05, 3.63) is 24.3 Å². The number of benzene rings is 1. The van der Waals surface area contributed by atoms with Gasteiger partial charge in [0.1, 0.15) is 5.75 Å². The molecule has 0 radical (unpaired) electrons. The molecule has 1 aromatic carbocycles. The van der Waals surface area contributed by atoms with Gasteiger partial charge in [0.2, 0.25) is 5.91 Å². The van der Waals surface area contributed by atoms with E-state index in [9.17, 15) is 4.79 Å². The predicted octanol–water partition coefficient (Wildman–Crippen LogP) is 2.80. The molecule has 0 N–H and O–H groups in total. The van der Waals surface area contributed by atoms with Crippen LogP contribution in [0.25, 0.3) is 0 Å². The lowest BCUT2D eigenvalue weighted by molar-refractivity contribution is -0.128. The number of carbonyl (C=O) groups is 1. The largest absolute Gasteiger partial charge is 0.497 e. The number of thioether (sulfide) groups is 1. The van der Waals surface area contributed by atoms with Crippen LogP contribution in [-0.2, 0) is 4.79 Å². The van der Waals surface area contributed by atoms with Crippen LogP contribution in [0.5, 0.6) is 5.75 Å². The molecule has 1 unspecified atom stereocenters. The Morgan fingerprint density at radius 3 is 2.90 bits per heavy atom. The van der Waals surface area contributed by atoms with Gasteiger partial charge in [-0.15, -0.1) is 11.8 Å². The molecule has 108 valence electrons. The summed E-state index contributed by atoms with van der Waals surface area (Å²) in [5.41, 5.74) is 0. The zero-order valence-corrected chi connectivity index (χ0v) is 12.9. The van der Waals surface area contributed by atoms with E-state index in [0.29, 0.717) is 18.8 Å². The number of carbonyl (C=O) groups excluding carboxylic acids is 1. The van der Waals surface area contributed by atoms with Crippen LogP contribution >= 0.6 is 11.8 Å². The first-order chi connectivity index (χ1) is 9.60.